The highest BCUT2D eigenvalue weighted by Gasteiger charge is 2.27. The largest absolute Gasteiger partial charge is 0.494 e. The van der Waals surface area contributed by atoms with E-state index in [-0.39, 0.29) is 5.78 Å². The number of carbonyl (C=O) groups excluding carboxylic acids is 2. The van der Waals surface area contributed by atoms with Crippen LogP contribution in [0.15, 0.2) is 46.2 Å². The summed E-state index contributed by atoms with van der Waals surface area (Å²) in [7, 11) is -0.854. The topological polar surface area (TPSA) is 43.4 Å². The highest BCUT2D eigenvalue weighted by Crippen LogP contribution is 2.45. The molecule has 1 aliphatic heterocycles. The summed E-state index contributed by atoms with van der Waals surface area (Å²) in [6.45, 7) is 4.68. The van der Waals surface area contributed by atoms with E-state index in [4.69, 9.17) is 4.74 Å². The Bertz CT molecular complexity index is 833. The van der Waals surface area contributed by atoms with Crippen molar-refractivity contribution in [1.82, 2.24) is 0 Å². The van der Waals surface area contributed by atoms with E-state index in [0.29, 0.717) is 23.5 Å². The number of fused-ring (bicyclic) bond motifs is 2. The lowest BCUT2D eigenvalue weighted by Gasteiger charge is -2.21. The molecule has 0 saturated carbocycles. The Morgan fingerprint density at radius 3 is 2.65 bits per heavy atom. The lowest BCUT2D eigenvalue weighted by atomic mass is 10.0. The number of aryl methyl sites for hydroxylation is 1. The van der Waals surface area contributed by atoms with Gasteiger partial charge in [-0.2, -0.15) is 0 Å². The number of ketones is 1. The molecule has 0 fully saturated rings. The maximum Gasteiger partial charge on any atom is 0.195 e. The van der Waals surface area contributed by atoms with Gasteiger partial charge < -0.3 is 4.74 Å². The molecule has 1 aliphatic rings. The Hall–Kier alpha value is -2.16. The lowest BCUT2D eigenvalue weighted by Crippen LogP contribution is -2.11. The minimum atomic E-state index is -0.854. The van der Waals surface area contributed by atoms with Gasteiger partial charge in [0.25, 0.3) is 0 Å². The average molecular weight is 326 g/mol. The zero-order valence-electron chi connectivity index (χ0n) is 13.2. The molecule has 1 atom stereocenters. The van der Waals surface area contributed by atoms with Crippen LogP contribution in [0, 0.1) is 6.92 Å². The summed E-state index contributed by atoms with van der Waals surface area (Å²) in [6.07, 6.45) is 2.03. The first kappa shape index (κ1) is 15.7. The molecule has 0 aromatic heterocycles. The highest BCUT2D eigenvalue weighted by molar-refractivity contribution is 8.14. The number of ether oxygens (including phenoxy) is 1. The Morgan fingerprint density at radius 1 is 1.09 bits per heavy atom. The van der Waals surface area contributed by atoms with Gasteiger partial charge in [-0.1, -0.05) is 25.0 Å². The molecule has 2 aromatic rings. The summed E-state index contributed by atoms with van der Waals surface area (Å²) in [5, 5.41) is 2.12. The molecule has 0 aliphatic carbocycles. The van der Waals surface area contributed by atoms with Crippen molar-refractivity contribution in [3.63, 3.8) is 0 Å². The number of carbonyl (C=O) groups is 1. The van der Waals surface area contributed by atoms with E-state index in [0.717, 1.165) is 28.2 Å². The molecule has 1 unspecified atom stereocenters. The van der Waals surface area contributed by atoms with E-state index in [1.165, 1.54) is 0 Å². The normalized spacial score (nSPS) is 15.6. The zero-order chi connectivity index (χ0) is 16.4. The van der Waals surface area contributed by atoms with Gasteiger partial charge in [-0.05, 0) is 54.2 Å². The maximum absolute atomic E-state index is 12.7. The van der Waals surface area contributed by atoms with Gasteiger partial charge in [-0.15, -0.1) is 0 Å². The van der Waals surface area contributed by atoms with Gasteiger partial charge in [0.05, 0.1) is 6.61 Å². The Balaban J connectivity index is 2.08. The van der Waals surface area contributed by atoms with Gasteiger partial charge in [0.15, 0.2) is 11.0 Å². The van der Waals surface area contributed by atoms with Crippen molar-refractivity contribution in [3.05, 3.63) is 53.1 Å². The quantitative estimate of drug-likeness (QED) is 0.525. The molecule has 118 valence electrons. The first-order valence-corrected chi connectivity index (χ1v) is 8.92. The van der Waals surface area contributed by atoms with E-state index < -0.39 is 10.5 Å². The fourth-order valence-electron chi connectivity index (χ4n) is 2.64. The maximum atomic E-state index is 12.7. The van der Waals surface area contributed by atoms with Crippen molar-refractivity contribution in [2.75, 3.05) is 6.61 Å². The molecular formula is C19H18O3S. The molecule has 0 amide bonds. The second-order valence-corrected chi connectivity index (χ2v) is 7.24. The highest BCUT2D eigenvalue weighted by atomic mass is 32.2. The molecular weight excluding hydrogens is 308 g/mol. The molecule has 0 bridgehead atoms. The minimum Gasteiger partial charge on any atom is -0.494 e. The van der Waals surface area contributed by atoms with Gasteiger partial charge in [-0.3, -0.25) is 4.79 Å². The van der Waals surface area contributed by atoms with Crippen molar-refractivity contribution in [2.24, 2.45) is 0 Å². The van der Waals surface area contributed by atoms with Crippen LogP contribution < -0.4 is 4.74 Å². The van der Waals surface area contributed by atoms with Crippen molar-refractivity contribution >= 4 is 21.5 Å². The van der Waals surface area contributed by atoms with Crippen LogP contribution in [0.2, 0.25) is 0 Å². The lowest BCUT2D eigenvalue weighted by molar-refractivity contribution is 0.103. The van der Waals surface area contributed by atoms with Crippen LogP contribution in [0.4, 0.5) is 0 Å². The van der Waals surface area contributed by atoms with E-state index in [2.05, 4.69) is 12.2 Å². The van der Waals surface area contributed by atoms with E-state index in [1.54, 1.807) is 12.1 Å². The van der Waals surface area contributed by atoms with Gasteiger partial charge in [-0.25, -0.2) is 4.79 Å². The van der Waals surface area contributed by atoms with Crippen LogP contribution in [0.25, 0.3) is 0 Å². The van der Waals surface area contributed by atoms with Crippen LogP contribution in [-0.4, -0.2) is 17.6 Å². The molecule has 0 saturated heterocycles. The summed E-state index contributed by atoms with van der Waals surface area (Å²) in [5.41, 5.74) is 2.20. The van der Waals surface area contributed by atoms with Crippen molar-refractivity contribution < 1.29 is 14.3 Å². The summed E-state index contributed by atoms with van der Waals surface area (Å²) in [6, 6.07) is 11.0. The summed E-state index contributed by atoms with van der Waals surface area (Å²) in [5.74, 6) is 0.672. The second-order valence-electron chi connectivity index (χ2n) is 5.58. The summed E-state index contributed by atoms with van der Waals surface area (Å²) in [4.78, 5) is 25.8. The molecule has 0 spiro atoms. The van der Waals surface area contributed by atoms with Gasteiger partial charge in [0, 0.05) is 20.9 Å². The first-order valence-electron chi connectivity index (χ1n) is 7.70. The fourth-order valence-corrected chi connectivity index (χ4v) is 4.24. The monoisotopic (exact) mass is 326 g/mol. The molecule has 3 rings (SSSR count). The zero-order valence-corrected chi connectivity index (χ0v) is 14.0. The van der Waals surface area contributed by atoms with E-state index >= 15 is 0 Å². The molecule has 0 radical (unpaired) electrons. The molecule has 1 heterocycles. The van der Waals surface area contributed by atoms with Crippen LogP contribution in [0.3, 0.4) is 0 Å². The molecule has 0 N–H and O–H groups in total. The Labute approximate surface area is 138 Å². The second kappa shape index (κ2) is 6.53. The van der Waals surface area contributed by atoms with Crippen molar-refractivity contribution in [2.45, 2.75) is 36.5 Å². The predicted octanol–water partition coefficient (Wildman–Crippen LogP) is 4.47. The van der Waals surface area contributed by atoms with E-state index in [1.807, 2.05) is 31.2 Å². The number of rotatable bonds is 4. The third-order valence-corrected chi connectivity index (χ3v) is 5.61. The molecule has 4 heteroatoms. The molecule has 23 heavy (non-hydrogen) atoms. The van der Waals surface area contributed by atoms with Crippen LogP contribution in [0.5, 0.6) is 5.75 Å². The van der Waals surface area contributed by atoms with Crippen molar-refractivity contribution in [1.29, 1.82) is 0 Å². The van der Waals surface area contributed by atoms with Gasteiger partial charge in [0.1, 0.15) is 5.75 Å². The van der Waals surface area contributed by atoms with Gasteiger partial charge in [0.2, 0.25) is 0 Å². The van der Waals surface area contributed by atoms with Crippen LogP contribution >= 0.6 is 10.5 Å². The summed E-state index contributed by atoms with van der Waals surface area (Å²) >= 11 is 0. The number of hydrogen-bond donors (Lipinski definition) is 0. The van der Waals surface area contributed by atoms with Gasteiger partial charge >= 0.3 is 0 Å². The first-order chi connectivity index (χ1) is 11.2. The predicted molar refractivity (Wildman–Crippen MR) is 91.3 cm³/mol. The third-order valence-electron chi connectivity index (χ3n) is 3.87. The Morgan fingerprint density at radius 2 is 1.91 bits per heavy atom. The van der Waals surface area contributed by atoms with E-state index in [9.17, 15) is 9.59 Å². The van der Waals surface area contributed by atoms with Crippen molar-refractivity contribution in [3.8, 4) is 5.75 Å². The SMILES string of the molecule is CCCCOc1ccc2c(c1)S(=C=O)c1ccc(C)cc1C2=O. The third kappa shape index (κ3) is 2.88. The smallest absolute Gasteiger partial charge is 0.195 e. The number of hydrogen-bond acceptors (Lipinski definition) is 3. The molecule has 3 nitrogen and oxygen atoms in total. The van der Waals surface area contributed by atoms with Crippen LogP contribution in [-0.2, 0) is 4.79 Å². The fraction of sp³-hybridized carbons (Fsp3) is 0.263. The standard InChI is InChI=1S/C19H18O3S/c1-3-4-9-22-14-6-7-15-18(11-14)23(12-20)17-8-5-13(2)10-16(17)19(15)21/h5-8,10-11H,3-4,9H2,1-2H3. The minimum absolute atomic E-state index is 0.0298. The van der Waals surface area contributed by atoms with Crippen LogP contribution in [0.1, 0.15) is 41.3 Å². The number of unbranched alkanes of at least 4 members (excludes halogenated alkanes) is 1. The number of benzene rings is 2. The average Bonchev–Trinajstić information content (AvgIpc) is 2.56. The Kier molecular flexibility index (Phi) is 4.46. The summed E-state index contributed by atoms with van der Waals surface area (Å²) < 4.78 is 5.71. The molecule has 2 aromatic carbocycles.